The van der Waals surface area contributed by atoms with E-state index < -0.39 is 20.8 Å². The minimum absolute atomic E-state index is 0. The number of phenols is 2. The normalized spacial score (nSPS) is 9.79. The zero-order chi connectivity index (χ0) is 9.35. The van der Waals surface area contributed by atoms with Gasteiger partial charge in [0.2, 0.25) is 0 Å². The van der Waals surface area contributed by atoms with Crippen molar-refractivity contribution in [2.45, 2.75) is 4.90 Å². The molecule has 0 amide bonds. The molecule has 0 heterocycles. The van der Waals surface area contributed by atoms with Crippen LogP contribution in [0.4, 0.5) is 0 Å². The van der Waals surface area contributed by atoms with Gasteiger partial charge in [-0.2, -0.15) is 8.42 Å². The monoisotopic (exact) mass is 258 g/mol. The summed E-state index contributed by atoms with van der Waals surface area (Å²) in [4.78, 5) is -0.706. The molecule has 5 nitrogen and oxygen atoms in total. The van der Waals surface area contributed by atoms with Gasteiger partial charge in [0.05, 0.1) is 0 Å². The smallest absolute Gasteiger partial charge is 0.316 e. The van der Waals surface area contributed by atoms with Gasteiger partial charge < -0.3 is 10.2 Å². The van der Waals surface area contributed by atoms with Crippen molar-refractivity contribution >= 4 is 70.9 Å². The molecule has 0 atom stereocenters. The first-order chi connectivity index (χ1) is 5.41. The van der Waals surface area contributed by atoms with E-state index in [4.69, 9.17) is 14.8 Å². The molecule has 0 aromatic heterocycles. The summed E-state index contributed by atoms with van der Waals surface area (Å²) in [5.41, 5.74) is 0. The van der Waals surface area contributed by atoms with Crippen LogP contribution in [0.2, 0.25) is 0 Å². The third-order valence-electron chi connectivity index (χ3n) is 1.22. The molecule has 0 aliphatic carbocycles. The van der Waals surface area contributed by atoms with Crippen LogP contribution in [0.25, 0.3) is 0 Å². The summed E-state index contributed by atoms with van der Waals surface area (Å²) < 4.78 is 29.5. The first kappa shape index (κ1) is 17.2. The molecule has 1 rings (SSSR count). The minimum Gasteiger partial charge on any atom is 0.316 e. The van der Waals surface area contributed by atoms with Crippen LogP contribution in [-0.2, 0) is 10.1 Å². The average molecular weight is 259 g/mol. The molecule has 3 N–H and O–H groups in total. The second-order valence-corrected chi connectivity index (χ2v) is 3.52. The van der Waals surface area contributed by atoms with Crippen LogP contribution >= 0.6 is 0 Å². The van der Waals surface area contributed by atoms with Crippen molar-refractivity contribution in [1.82, 2.24) is 0 Å². The maximum atomic E-state index is 10.5. The van der Waals surface area contributed by atoms with Crippen LogP contribution in [0, 0.1) is 0 Å². The summed E-state index contributed by atoms with van der Waals surface area (Å²) in [6.45, 7) is 0. The van der Waals surface area contributed by atoms with E-state index >= 15 is 0 Å². The van der Waals surface area contributed by atoms with Crippen LogP contribution in [-0.4, -0.2) is 84.0 Å². The van der Waals surface area contributed by atoms with Crippen molar-refractivity contribution in [3.05, 3.63) is 18.2 Å². The molecule has 14 heavy (non-hydrogen) atoms. The largest absolute Gasteiger partial charge is 0.316 e. The van der Waals surface area contributed by atoms with Crippen molar-refractivity contribution in [2.24, 2.45) is 0 Å². The zero-order valence-corrected chi connectivity index (χ0v) is 6.61. The molecular weight excluding hydrogens is 249 g/mol. The van der Waals surface area contributed by atoms with Crippen molar-refractivity contribution in [3.63, 3.8) is 0 Å². The molecule has 0 unspecified atom stereocenters. The number of rotatable bonds is 1. The van der Waals surface area contributed by atoms with Crippen LogP contribution in [0.5, 0.6) is 11.5 Å². The van der Waals surface area contributed by atoms with E-state index in [9.17, 15) is 8.42 Å². The van der Waals surface area contributed by atoms with Crippen LogP contribution < -0.4 is 0 Å². The van der Waals surface area contributed by atoms with E-state index in [0.29, 0.717) is 0 Å². The van der Waals surface area contributed by atoms with E-state index in [1.165, 1.54) is 0 Å². The zero-order valence-electron chi connectivity index (χ0n) is 5.80. The molecule has 0 saturated heterocycles. The Labute approximate surface area is 127 Å². The molecule has 0 fully saturated rings. The fourth-order valence-corrected chi connectivity index (χ4v) is 1.31. The third-order valence-corrected chi connectivity index (χ3v) is 2.10. The standard InChI is InChI=1S/C6H6O5S.Ca.Mg.4H/c7-4-1-2-5(8)6(3-4)12(9,10)11;;;;;;/h1-3,7-8H,(H,9,10,11);;;;;;. The van der Waals surface area contributed by atoms with E-state index in [1.807, 2.05) is 0 Å². The number of phenolic OH excluding ortho intramolecular Hbond substituents is 2. The minimum atomic E-state index is -4.47. The fourth-order valence-electron chi connectivity index (χ4n) is 0.709. The van der Waals surface area contributed by atoms with Crippen LogP contribution in [0.1, 0.15) is 0 Å². The Morgan fingerprint density at radius 2 is 1.64 bits per heavy atom. The molecule has 0 aliphatic heterocycles. The maximum absolute atomic E-state index is 10.5. The number of hydrogen-bond donors (Lipinski definition) is 3. The second-order valence-electron chi connectivity index (χ2n) is 2.13. The van der Waals surface area contributed by atoms with Crippen molar-refractivity contribution in [3.8, 4) is 11.5 Å². The van der Waals surface area contributed by atoms with Gasteiger partial charge in [-0.25, -0.2) is 0 Å². The third kappa shape index (κ3) is 4.52. The van der Waals surface area contributed by atoms with Gasteiger partial charge in [0.15, 0.2) is 0 Å². The molecule has 8 heteroatoms. The molecular formula is C6H10CaMgO5S. The predicted octanol–water partition coefficient (Wildman–Crippen LogP) is -1.49. The van der Waals surface area contributed by atoms with Gasteiger partial charge in [0.1, 0.15) is 16.4 Å². The first-order valence-corrected chi connectivity index (χ1v) is 4.35. The second kappa shape index (κ2) is 6.36. The Balaban J connectivity index is 0. The predicted molar refractivity (Wildman–Crippen MR) is 56.7 cm³/mol. The van der Waals surface area contributed by atoms with Crippen molar-refractivity contribution in [1.29, 1.82) is 0 Å². The fraction of sp³-hybridized carbons (Fsp3) is 0. The summed E-state index contributed by atoms with van der Waals surface area (Å²) in [6.07, 6.45) is 0. The number of aromatic hydroxyl groups is 2. The number of hydrogen-bond acceptors (Lipinski definition) is 4. The molecule has 0 aliphatic rings. The SMILES string of the molecule is O=S(=O)(O)c1cc(O)ccc1O.[CaH2].[MgH2]. The van der Waals surface area contributed by atoms with Gasteiger partial charge in [0, 0.05) is 6.07 Å². The van der Waals surface area contributed by atoms with E-state index in [-0.39, 0.29) is 66.5 Å². The summed E-state index contributed by atoms with van der Waals surface area (Å²) in [6, 6.07) is 2.83. The van der Waals surface area contributed by atoms with E-state index in [0.717, 1.165) is 18.2 Å². The molecule has 0 saturated carbocycles. The van der Waals surface area contributed by atoms with Gasteiger partial charge in [-0.3, -0.25) is 4.55 Å². The number of benzene rings is 1. The first-order valence-electron chi connectivity index (χ1n) is 2.91. The molecule has 0 spiro atoms. The van der Waals surface area contributed by atoms with Crippen molar-refractivity contribution in [2.75, 3.05) is 0 Å². The summed E-state index contributed by atoms with van der Waals surface area (Å²) >= 11 is 0. The quantitative estimate of drug-likeness (QED) is 0.324. The Hall–Kier alpha value is 0.756. The summed E-state index contributed by atoms with van der Waals surface area (Å²) in [7, 11) is -4.47. The Morgan fingerprint density at radius 3 is 2.00 bits per heavy atom. The van der Waals surface area contributed by atoms with Gasteiger partial charge in [-0.15, -0.1) is 0 Å². The molecule has 0 radical (unpaired) electrons. The Kier molecular flexibility index (Phi) is 7.80. The molecule has 1 aromatic rings. The molecule has 74 valence electrons. The molecule has 1 aromatic carbocycles. The van der Waals surface area contributed by atoms with Gasteiger partial charge >= 0.3 is 60.8 Å². The Morgan fingerprint density at radius 1 is 1.14 bits per heavy atom. The van der Waals surface area contributed by atoms with E-state index in [1.54, 1.807) is 0 Å². The van der Waals surface area contributed by atoms with Gasteiger partial charge in [0.25, 0.3) is 10.1 Å². The van der Waals surface area contributed by atoms with Gasteiger partial charge in [-0.05, 0) is 12.1 Å². The van der Waals surface area contributed by atoms with Crippen molar-refractivity contribution < 1.29 is 23.2 Å². The average Bonchev–Trinajstić information content (AvgIpc) is 1.92. The van der Waals surface area contributed by atoms with Crippen LogP contribution in [0.15, 0.2) is 23.1 Å². The Bertz CT molecular complexity index is 405. The van der Waals surface area contributed by atoms with E-state index in [2.05, 4.69) is 0 Å². The summed E-state index contributed by atoms with van der Waals surface area (Å²) in [5, 5.41) is 17.7. The summed E-state index contributed by atoms with van der Waals surface area (Å²) in [5.74, 6) is -0.948. The topological polar surface area (TPSA) is 94.8 Å². The maximum Gasteiger partial charge on any atom is 0.316 e. The van der Waals surface area contributed by atoms with Crippen LogP contribution in [0.3, 0.4) is 0 Å². The van der Waals surface area contributed by atoms with Gasteiger partial charge in [-0.1, -0.05) is 0 Å². The molecule has 0 bridgehead atoms.